The average molecular weight is 304 g/mol. The van der Waals surface area contributed by atoms with Crippen LogP contribution in [0.25, 0.3) is 0 Å². The Labute approximate surface area is 125 Å². The van der Waals surface area contributed by atoms with Crippen LogP contribution in [0.15, 0.2) is 18.2 Å². The van der Waals surface area contributed by atoms with Crippen LogP contribution in [-0.2, 0) is 10.7 Å². The second kappa shape index (κ2) is 7.50. The van der Waals surface area contributed by atoms with E-state index >= 15 is 0 Å². The van der Waals surface area contributed by atoms with Crippen LogP contribution < -0.4 is 5.48 Å². The number of nitrogens with one attached hydrogen (secondary N) is 1. The summed E-state index contributed by atoms with van der Waals surface area (Å²) in [5.41, 5.74) is 5.27. The van der Waals surface area contributed by atoms with Crippen LogP contribution in [0, 0.1) is 5.82 Å². The van der Waals surface area contributed by atoms with Crippen LogP contribution in [0.5, 0.6) is 0 Å². The highest BCUT2D eigenvalue weighted by atomic mass is 32.2. The number of hydrogen-bond acceptors (Lipinski definition) is 4. The van der Waals surface area contributed by atoms with Crippen molar-refractivity contribution in [2.75, 3.05) is 7.05 Å². The van der Waals surface area contributed by atoms with Gasteiger partial charge in [0.1, 0.15) is 18.0 Å². The molecule has 0 heterocycles. The van der Waals surface area contributed by atoms with E-state index in [0.29, 0.717) is 6.04 Å². The van der Waals surface area contributed by atoms with Crippen LogP contribution >= 0.6 is 25.7 Å². The number of hydrogen-bond donors (Lipinski definition) is 1. The summed E-state index contributed by atoms with van der Waals surface area (Å²) in [7, 11) is 1.98. The Balaban J connectivity index is 0.00000180. The molecule has 0 spiro atoms. The largest absolute Gasteiger partial charge is 0.226 e. The number of rotatable bonds is 5. The predicted molar refractivity (Wildman–Crippen MR) is 82.6 cm³/mol. The van der Waals surface area contributed by atoms with E-state index in [9.17, 15) is 4.39 Å². The second-order valence-corrected chi connectivity index (χ2v) is 5.74. The minimum absolute atomic E-state index is 0. The van der Waals surface area contributed by atoms with Crippen LogP contribution in [-0.4, -0.2) is 17.4 Å². The van der Waals surface area contributed by atoms with Gasteiger partial charge in [0.05, 0.1) is 6.04 Å². The minimum atomic E-state index is -0.163. The highest BCUT2D eigenvalue weighted by Crippen LogP contribution is 2.32. The molecule has 0 amide bonds. The molecule has 6 heteroatoms. The van der Waals surface area contributed by atoms with Crippen molar-refractivity contribution < 1.29 is 8.67 Å². The van der Waals surface area contributed by atoms with E-state index in [1.807, 2.05) is 17.4 Å². The molecule has 1 aliphatic carbocycles. The van der Waals surface area contributed by atoms with Gasteiger partial charge in [-0.15, -0.1) is 0 Å². The zero-order valence-corrected chi connectivity index (χ0v) is 13.3. The van der Waals surface area contributed by atoms with Crippen molar-refractivity contribution in [2.24, 2.45) is 0 Å². The fourth-order valence-electron chi connectivity index (χ4n) is 1.93. The smallest absolute Gasteiger partial charge is 0.123 e. The monoisotopic (exact) mass is 304 g/mol. The standard InChI is InChI=1S/C13H19FN2OS.H2S/c1-9(2)16(3)18-17-15-13-7-4-10-8-11(14)5-6-12(10)13;/h5-6,8-9,13,15H,4,7H2,1-3H3;1H2. The summed E-state index contributed by atoms with van der Waals surface area (Å²) in [6.45, 7) is 4.20. The Bertz CT molecular complexity index is 418. The molecule has 3 nitrogen and oxygen atoms in total. The Kier molecular flexibility index (Phi) is 6.62. The number of benzene rings is 1. The number of nitrogens with zero attached hydrogens (tertiary/aromatic N) is 1. The van der Waals surface area contributed by atoms with Gasteiger partial charge in [0, 0.05) is 6.04 Å². The third-order valence-electron chi connectivity index (χ3n) is 3.26. The molecule has 1 aromatic carbocycles. The predicted octanol–water partition coefficient (Wildman–Crippen LogP) is 3.35. The van der Waals surface area contributed by atoms with Crippen LogP contribution in [0.2, 0.25) is 0 Å². The molecular formula is C13H21FN2OS2. The van der Waals surface area contributed by atoms with E-state index in [4.69, 9.17) is 4.28 Å². The zero-order chi connectivity index (χ0) is 13.1. The first-order chi connectivity index (χ1) is 8.58. The Morgan fingerprint density at radius 3 is 2.89 bits per heavy atom. The van der Waals surface area contributed by atoms with Gasteiger partial charge in [-0.3, -0.25) is 0 Å². The van der Waals surface area contributed by atoms with Gasteiger partial charge in [-0.2, -0.15) is 19.0 Å². The fourth-order valence-corrected chi connectivity index (χ4v) is 2.38. The quantitative estimate of drug-likeness (QED) is 0.512. The molecule has 0 bridgehead atoms. The number of halogens is 1. The Hall–Kier alpha value is -0.270. The van der Waals surface area contributed by atoms with Crippen LogP contribution in [0.1, 0.15) is 37.4 Å². The minimum Gasteiger partial charge on any atom is -0.226 e. The van der Waals surface area contributed by atoms with E-state index in [-0.39, 0.29) is 25.4 Å². The lowest BCUT2D eigenvalue weighted by molar-refractivity contribution is 0.178. The molecule has 1 unspecified atom stereocenters. The lowest BCUT2D eigenvalue weighted by Gasteiger charge is -2.20. The first-order valence-corrected chi connectivity index (χ1v) is 6.88. The van der Waals surface area contributed by atoms with Crippen molar-refractivity contribution >= 4 is 25.7 Å². The van der Waals surface area contributed by atoms with E-state index in [1.165, 1.54) is 18.3 Å². The molecule has 0 saturated carbocycles. The summed E-state index contributed by atoms with van der Waals surface area (Å²) in [5.74, 6) is -0.163. The average Bonchev–Trinajstić information content (AvgIpc) is 2.71. The van der Waals surface area contributed by atoms with Crippen molar-refractivity contribution in [1.82, 2.24) is 9.79 Å². The summed E-state index contributed by atoms with van der Waals surface area (Å²) in [6.07, 6.45) is 1.85. The molecule has 1 atom stereocenters. The highest BCUT2D eigenvalue weighted by Gasteiger charge is 2.23. The van der Waals surface area contributed by atoms with Crippen molar-refractivity contribution in [3.05, 3.63) is 35.1 Å². The Morgan fingerprint density at radius 1 is 1.47 bits per heavy atom. The van der Waals surface area contributed by atoms with Crippen LogP contribution in [0.3, 0.4) is 0 Å². The molecule has 0 radical (unpaired) electrons. The maximum Gasteiger partial charge on any atom is 0.123 e. The van der Waals surface area contributed by atoms with Gasteiger partial charge in [0.25, 0.3) is 0 Å². The number of aryl methyl sites for hydroxylation is 1. The lowest BCUT2D eigenvalue weighted by Crippen LogP contribution is -2.23. The summed E-state index contributed by atoms with van der Waals surface area (Å²) in [4.78, 5) is 0. The number of hydroxylamine groups is 1. The molecule has 0 fully saturated rings. The van der Waals surface area contributed by atoms with Gasteiger partial charge in [-0.05, 0) is 57.0 Å². The van der Waals surface area contributed by atoms with E-state index < -0.39 is 0 Å². The maximum absolute atomic E-state index is 13.1. The molecule has 0 aliphatic heterocycles. The highest BCUT2D eigenvalue weighted by molar-refractivity contribution is 7.92. The van der Waals surface area contributed by atoms with E-state index in [2.05, 4.69) is 19.3 Å². The molecule has 2 rings (SSSR count). The zero-order valence-electron chi connectivity index (χ0n) is 11.4. The van der Waals surface area contributed by atoms with Crippen molar-refractivity contribution in [1.29, 1.82) is 0 Å². The van der Waals surface area contributed by atoms with Gasteiger partial charge in [0.15, 0.2) is 0 Å². The topological polar surface area (TPSA) is 24.5 Å². The fraction of sp³-hybridized carbons (Fsp3) is 0.538. The van der Waals surface area contributed by atoms with Crippen LogP contribution in [0.4, 0.5) is 4.39 Å². The molecule has 1 aliphatic rings. The SMILES string of the molecule is CC(C)N(C)SONC1CCc2cc(F)ccc21.S. The third kappa shape index (κ3) is 4.36. The molecule has 0 saturated heterocycles. The molecule has 19 heavy (non-hydrogen) atoms. The van der Waals surface area contributed by atoms with E-state index in [1.54, 1.807) is 6.07 Å². The van der Waals surface area contributed by atoms with Crippen molar-refractivity contribution in [2.45, 2.75) is 38.8 Å². The van der Waals surface area contributed by atoms with Gasteiger partial charge in [-0.1, -0.05) is 6.07 Å². The summed E-state index contributed by atoms with van der Waals surface area (Å²) in [6, 6.07) is 5.54. The second-order valence-electron chi connectivity index (χ2n) is 4.85. The van der Waals surface area contributed by atoms with E-state index in [0.717, 1.165) is 24.0 Å². The molecule has 1 aromatic rings. The van der Waals surface area contributed by atoms with Gasteiger partial charge in [0.2, 0.25) is 0 Å². The molecule has 0 aromatic heterocycles. The van der Waals surface area contributed by atoms with Crippen molar-refractivity contribution in [3.8, 4) is 0 Å². The summed E-state index contributed by atoms with van der Waals surface area (Å²) >= 11 is 1.30. The third-order valence-corrected chi connectivity index (χ3v) is 4.08. The van der Waals surface area contributed by atoms with Gasteiger partial charge < -0.3 is 0 Å². The first-order valence-electron chi connectivity index (χ1n) is 6.18. The first kappa shape index (κ1) is 16.8. The molecule has 1 N–H and O–H groups in total. The van der Waals surface area contributed by atoms with Gasteiger partial charge >= 0.3 is 0 Å². The maximum atomic E-state index is 13.1. The number of fused-ring (bicyclic) bond motifs is 1. The molecular weight excluding hydrogens is 283 g/mol. The molecule has 108 valence electrons. The summed E-state index contributed by atoms with van der Waals surface area (Å²) < 4.78 is 20.5. The summed E-state index contributed by atoms with van der Waals surface area (Å²) in [5, 5.41) is 0. The normalized spacial score (nSPS) is 17.7. The Morgan fingerprint density at radius 2 is 2.21 bits per heavy atom. The van der Waals surface area contributed by atoms with Gasteiger partial charge in [-0.25, -0.2) is 13.0 Å². The van der Waals surface area contributed by atoms with Crippen molar-refractivity contribution in [3.63, 3.8) is 0 Å². The lowest BCUT2D eigenvalue weighted by atomic mass is 10.1.